The van der Waals surface area contributed by atoms with Crippen molar-refractivity contribution in [1.82, 2.24) is 0 Å². The lowest BCUT2D eigenvalue weighted by Gasteiger charge is -2.31. The number of rotatable bonds is 3. The number of amides is 1. The molecule has 1 aromatic carbocycles. The van der Waals surface area contributed by atoms with E-state index in [1.165, 1.54) is 0 Å². The van der Waals surface area contributed by atoms with Crippen LogP contribution in [0.2, 0.25) is 0 Å². The van der Waals surface area contributed by atoms with Crippen molar-refractivity contribution in [1.29, 1.82) is 0 Å². The molecule has 5 nitrogen and oxygen atoms in total. The first-order valence-electron chi connectivity index (χ1n) is 8.38. The lowest BCUT2D eigenvalue weighted by Crippen LogP contribution is -2.44. The van der Waals surface area contributed by atoms with Crippen LogP contribution >= 0.6 is 0 Å². The molecule has 0 saturated heterocycles. The van der Waals surface area contributed by atoms with Crippen LogP contribution in [-0.2, 0) is 20.7 Å². The topological polar surface area (TPSA) is 66.8 Å². The number of para-hydroxylation sites is 1. The van der Waals surface area contributed by atoms with Crippen LogP contribution in [0.1, 0.15) is 44.1 Å². The Morgan fingerprint density at radius 3 is 2.65 bits per heavy atom. The molecule has 0 spiro atoms. The quantitative estimate of drug-likeness (QED) is 0.868. The van der Waals surface area contributed by atoms with E-state index in [0.717, 1.165) is 43.4 Å². The summed E-state index contributed by atoms with van der Waals surface area (Å²) in [6.07, 6.45) is 5.37. The molecule has 2 aliphatic rings. The molecule has 124 valence electrons. The van der Waals surface area contributed by atoms with Gasteiger partial charge in [0, 0.05) is 12.2 Å². The van der Waals surface area contributed by atoms with Crippen LogP contribution < -0.4 is 4.90 Å². The second-order valence-electron chi connectivity index (χ2n) is 6.45. The second-order valence-corrected chi connectivity index (χ2v) is 6.45. The van der Waals surface area contributed by atoms with Crippen LogP contribution in [0.5, 0.6) is 0 Å². The number of nitrogens with zero attached hydrogens (tertiary/aromatic N) is 1. The van der Waals surface area contributed by atoms with Gasteiger partial charge in [-0.05, 0) is 50.2 Å². The molecule has 23 heavy (non-hydrogen) atoms. The van der Waals surface area contributed by atoms with Gasteiger partial charge in [0.1, 0.15) is 0 Å². The minimum atomic E-state index is -1.40. The molecule has 1 saturated carbocycles. The highest BCUT2D eigenvalue weighted by molar-refractivity contribution is 5.96. The minimum absolute atomic E-state index is 0.232. The van der Waals surface area contributed by atoms with E-state index in [0.29, 0.717) is 19.4 Å². The van der Waals surface area contributed by atoms with Gasteiger partial charge < -0.3 is 14.7 Å². The molecule has 1 aliphatic carbocycles. The van der Waals surface area contributed by atoms with Crippen molar-refractivity contribution in [2.24, 2.45) is 0 Å². The number of hydrogen-bond donors (Lipinski definition) is 1. The highest BCUT2D eigenvalue weighted by Gasteiger charge is 2.39. The van der Waals surface area contributed by atoms with E-state index >= 15 is 0 Å². The van der Waals surface area contributed by atoms with Crippen molar-refractivity contribution >= 4 is 17.6 Å². The van der Waals surface area contributed by atoms with Crippen molar-refractivity contribution in [3.63, 3.8) is 0 Å². The van der Waals surface area contributed by atoms with Gasteiger partial charge in [0.2, 0.25) is 0 Å². The van der Waals surface area contributed by atoms with E-state index in [2.05, 4.69) is 0 Å². The third kappa shape index (κ3) is 3.39. The molecule has 3 rings (SSSR count). The van der Waals surface area contributed by atoms with Crippen LogP contribution in [-0.4, -0.2) is 35.7 Å². The third-order valence-corrected chi connectivity index (χ3v) is 4.80. The zero-order chi connectivity index (χ0) is 16.3. The summed E-state index contributed by atoms with van der Waals surface area (Å²) in [5.74, 6) is -0.888. The number of ether oxygens (including phenoxy) is 1. The van der Waals surface area contributed by atoms with E-state index < -0.39 is 11.6 Å². The van der Waals surface area contributed by atoms with Crippen LogP contribution in [0, 0.1) is 0 Å². The Morgan fingerprint density at radius 2 is 1.87 bits per heavy atom. The lowest BCUT2D eigenvalue weighted by atomic mass is 9.85. The fourth-order valence-corrected chi connectivity index (χ4v) is 3.47. The largest absolute Gasteiger partial charge is 0.453 e. The van der Waals surface area contributed by atoms with Crippen molar-refractivity contribution < 1.29 is 19.4 Å². The molecule has 0 atom stereocenters. The molecule has 5 heteroatoms. The van der Waals surface area contributed by atoms with Crippen molar-refractivity contribution in [2.75, 3.05) is 18.1 Å². The monoisotopic (exact) mass is 317 g/mol. The number of fused-ring (bicyclic) bond motifs is 1. The number of carbonyl (C=O) groups is 2. The van der Waals surface area contributed by atoms with Crippen molar-refractivity contribution in [2.45, 2.75) is 50.5 Å². The Bertz CT molecular complexity index is 592. The molecule has 0 unspecified atom stereocenters. The maximum absolute atomic E-state index is 12.4. The SMILES string of the molecule is O=C(COC(=O)C1(O)CCCCC1)N1CCCc2ccccc21. The van der Waals surface area contributed by atoms with Gasteiger partial charge in [-0.15, -0.1) is 0 Å². The molecule has 1 amide bonds. The average Bonchev–Trinajstić information content (AvgIpc) is 2.59. The number of aliphatic hydroxyl groups is 1. The summed E-state index contributed by atoms with van der Waals surface area (Å²) < 4.78 is 5.13. The summed E-state index contributed by atoms with van der Waals surface area (Å²) in [5, 5.41) is 10.3. The normalized spacial score (nSPS) is 19.8. The summed E-state index contributed by atoms with van der Waals surface area (Å²) in [7, 11) is 0. The lowest BCUT2D eigenvalue weighted by molar-refractivity contribution is -0.170. The van der Waals surface area contributed by atoms with Crippen LogP contribution in [0.25, 0.3) is 0 Å². The summed E-state index contributed by atoms with van der Waals surface area (Å²) in [4.78, 5) is 26.2. The molecular weight excluding hydrogens is 294 g/mol. The van der Waals surface area contributed by atoms with E-state index in [-0.39, 0.29) is 12.5 Å². The van der Waals surface area contributed by atoms with Crippen LogP contribution in [0.3, 0.4) is 0 Å². The van der Waals surface area contributed by atoms with Crippen LogP contribution in [0.15, 0.2) is 24.3 Å². The molecule has 1 heterocycles. The van der Waals surface area contributed by atoms with Gasteiger partial charge in [0.15, 0.2) is 12.2 Å². The van der Waals surface area contributed by atoms with Crippen LogP contribution in [0.4, 0.5) is 5.69 Å². The van der Waals surface area contributed by atoms with Gasteiger partial charge in [0.25, 0.3) is 5.91 Å². The van der Waals surface area contributed by atoms with Gasteiger partial charge in [0.05, 0.1) is 0 Å². The van der Waals surface area contributed by atoms with Crippen molar-refractivity contribution in [3.05, 3.63) is 29.8 Å². The Labute approximate surface area is 136 Å². The zero-order valence-corrected chi connectivity index (χ0v) is 13.3. The fourth-order valence-electron chi connectivity index (χ4n) is 3.47. The Morgan fingerprint density at radius 1 is 1.13 bits per heavy atom. The van der Waals surface area contributed by atoms with E-state index in [9.17, 15) is 14.7 Å². The van der Waals surface area contributed by atoms with Gasteiger partial charge in [-0.2, -0.15) is 0 Å². The fraction of sp³-hybridized carbons (Fsp3) is 0.556. The predicted octanol–water partition coefficient (Wildman–Crippen LogP) is 2.20. The first kappa shape index (κ1) is 16.0. The number of benzene rings is 1. The number of anilines is 1. The standard InChI is InChI=1S/C18H23NO4/c20-16(13-23-17(21)18(22)10-4-1-5-11-18)19-12-6-8-14-7-2-3-9-15(14)19/h2-3,7,9,22H,1,4-6,8,10-13H2. The smallest absolute Gasteiger partial charge is 0.338 e. The molecule has 1 aromatic rings. The highest BCUT2D eigenvalue weighted by Crippen LogP contribution is 2.30. The molecular formula is C18H23NO4. The molecule has 0 aromatic heterocycles. The van der Waals surface area contributed by atoms with E-state index in [1.807, 2.05) is 24.3 Å². The maximum Gasteiger partial charge on any atom is 0.338 e. The first-order chi connectivity index (χ1) is 11.1. The highest BCUT2D eigenvalue weighted by atomic mass is 16.6. The summed E-state index contributed by atoms with van der Waals surface area (Å²) in [6, 6.07) is 7.81. The van der Waals surface area contributed by atoms with Crippen molar-refractivity contribution in [3.8, 4) is 0 Å². The van der Waals surface area contributed by atoms with Gasteiger partial charge >= 0.3 is 5.97 Å². The minimum Gasteiger partial charge on any atom is -0.453 e. The maximum atomic E-state index is 12.4. The third-order valence-electron chi connectivity index (χ3n) is 4.80. The molecule has 1 fully saturated rings. The molecule has 1 N–H and O–H groups in total. The Kier molecular flexibility index (Phi) is 4.66. The number of aryl methyl sites for hydroxylation is 1. The van der Waals surface area contributed by atoms with Gasteiger partial charge in [-0.25, -0.2) is 4.79 Å². The summed E-state index contributed by atoms with van der Waals surface area (Å²) >= 11 is 0. The Hall–Kier alpha value is -1.88. The van der Waals surface area contributed by atoms with Gasteiger partial charge in [-0.3, -0.25) is 4.79 Å². The van der Waals surface area contributed by atoms with E-state index in [4.69, 9.17) is 4.74 Å². The predicted molar refractivity (Wildman–Crippen MR) is 86.1 cm³/mol. The number of carbonyl (C=O) groups excluding carboxylic acids is 2. The summed E-state index contributed by atoms with van der Waals surface area (Å²) in [5.41, 5.74) is 0.638. The number of esters is 1. The zero-order valence-electron chi connectivity index (χ0n) is 13.3. The first-order valence-corrected chi connectivity index (χ1v) is 8.38. The molecule has 0 bridgehead atoms. The second kappa shape index (κ2) is 6.71. The Balaban J connectivity index is 1.61. The molecule has 1 aliphatic heterocycles. The van der Waals surface area contributed by atoms with E-state index in [1.54, 1.807) is 4.90 Å². The number of hydrogen-bond acceptors (Lipinski definition) is 4. The van der Waals surface area contributed by atoms with Gasteiger partial charge in [-0.1, -0.05) is 24.6 Å². The summed E-state index contributed by atoms with van der Waals surface area (Å²) in [6.45, 7) is 0.327. The average molecular weight is 317 g/mol. The molecule has 0 radical (unpaired) electrons.